The van der Waals surface area contributed by atoms with Crippen LogP contribution in [0.3, 0.4) is 0 Å². The molecular formula is C40H51ClN8O5. The molecule has 2 heterocycles. The smallest absolute Gasteiger partial charge is 0.407 e. The minimum atomic E-state index is -0.980. The predicted molar refractivity (Wildman–Crippen MR) is 209 cm³/mol. The van der Waals surface area contributed by atoms with Crippen LogP contribution >= 0.6 is 11.6 Å². The number of nitrogens with two attached hydrogens (primary N) is 1. The second kappa shape index (κ2) is 18.5. The van der Waals surface area contributed by atoms with Crippen molar-refractivity contribution in [2.24, 2.45) is 17.6 Å². The number of halogens is 1. The van der Waals surface area contributed by atoms with Gasteiger partial charge in [0.25, 0.3) is 5.91 Å². The van der Waals surface area contributed by atoms with Crippen LogP contribution in [-0.2, 0) is 20.7 Å². The predicted octanol–water partition coefficient (Wildman–Crippen LogP) is 6.28. The summed E-state index contributed by atoms with van der Waals surface area (Å²) >= 11 is 5.93. The van der Waals surface area contributed by atoms with Gasteiger partial charge in [-0.25, -0.2) is 19.8 Å². The fourth-order valence-corrected chi connectivity index (χ4v) is 6.49. The van der Waals surface area contributed by atoms with Crippen molar-refractivity contribution in [2.45, 2.75) is 70.9 Å². The van der Waals surface area contributed by atoms with Gasteiger partial charge in [0, 0.05) is 42.4 Å². The van der Waals surface area contributed by atoms with Gasteiger partial charge in [0.05, 0.1) is 18.3 Å². The minimum absolute atomic E-state index is 0.155. The van der Waals surface area contributed by atoms with Crippen LogP contribution < -0.4 is 20.7 Å². The molecule has 14 heteroatoms. The van der Waals surface area contributed by atoms with E-state index in [2.05, 4.69) is 30.4 Å². The fourth-order valence-electron chi connectivity index (χ4n) is 6.37. The molecule has 2 aromatic heterocycles. The summed E-state index contributed by atoms with van der Waals surface area (Å²) in [6.45, 7) is 7.46. The van der Waals surface area contributed by atoms with Crippen molar-refractivity contribution in [3.63, 3.8) is 0 Å². The second-order valence-electron chi connectivity index (χ2n) is 15.0. The standard InChI is InChI=1S/C40H51ClN8O5/c1-40(2,3)54-39(52)44-24-27-9-13-30(14-10-27)36(50)49(32-18-15-29(16-19-32)35-45-38(41)47-46-35)37(51)33(42)23-26-7-11-28(12-8-26)31-17-20-34(43-25-31)53-22-6-21-48(4)5/h7-8,11-12,15-20,25,27,30,33H,6,9-10,13-14,21-24,42H2,1-5H3,(H,44,52)(H,45,46,47)/t27?,30?,33-/m0/s1. The summed E-state index contributed by atoms with van der Waals surface area (Å²) in [6.07, 6.45) is 5.06. The highest BCUT2D eigenvalue weighted by atomic mass is 35.5. The van der Waals surface area contributed by atoms with E-state index in [0.717, 1.165) is 42.5 Å². The molecule has 4 N–H and O–H groups in total. The molecular weight excluding hydrogens is 708 g/mol. The number of imide groups is 1. The Kier molecular flexibility index (Phi) is 13.8. The third-order valence-corrected chi connectivity index (χ3v) is 9.38. The average molecular weight is 759 g/mol. The Morgan fingerprint density at radius 1 is 0.963 bits per heavy atom. The monoisotopic (exact) mass is 758 g/mol. The van der Waals surface area contributed by atoms with Crippen LogP contribution in [0.5, 0.6) is 5.88 Å². The summed E-state index contributed by atoms with van der Waals surface area (Å²) in [4.78, 5) is 52.5. The van der Waals surface area contributed by atoms with Crippen molar-refractivity contribution in [1.29, 1.82) is 0 Å². The van der Waals surface area contributed by atoms with E-state index in [1.807, 2.05) is 71.3 Å². The highest BCUT2D eigenvalue weighted by molar-refractivity contribution is 6.28. The summed E-state index contributed by atoms with van der Waals surface area (Å²) < 4.78 is 11.1. The van der Waals surface area contributed by atoms with Crippen molar-refractivity contribution < 1.29 is 23.9 Å². The van der Waals surface area contributed by atoms with E-state index in [4.69, 9.17) is 26.8 Å². The molecule has 1 atom stereocenters. The summed E-state index contributed by atoms with van der Waals surface area (Å²) in [7, 11) is 4.06. The molecule has 288 valence electrons. The zero-order chi connectivity index (χ0) is 38.8. The molecule has 0 saturated heterocycles. The molecule has 0 radical (unpaired) electrons. The van der Waals surface area contributed by atoms with Gasteiger partial charge in [-0.2, -0.15) is 10.1 Å². The fraction of sp³-hybridized carbons (Fsp3) is 0.450. The largest absolute Gasteiger partial charge is 0.478 e. The van der Waals surface area contributed by atoms with Gasteiger partial charge in [-0.3, -0.25) is 9.59 Å². The number of benzene rings is 2. The highest BCUT2D eigenvalue weighted by Crippen LogP contribution is 2.32. The van der Waals surface area contributed by atoms with Gasteiger partial charge in [0.2, 0.25) is 17.1 Å². The van der Waals surface area contributed by atoms with Crippen LogP contribution in [0.1, 0.15) is 58.4 Å². The Morgan fingerprint density at radius 2 is 1.63 bits per heavy atom. The van der Waals surface area contributed by atoms with E-state index in [1.165, 1.54) is 4.90 Å². The van der Waals surface area contributed by atoms with E-state index in [0.29, 0.717) is 48.9 Å². The number of carbonyl (C=O) groups excluding carboxylic acids is 3. The van der Waals surface area contributed by atoms with Crippen molar-refractivity contribution >= 4 is 35.2 Å². The van der Waals surface area contributed by atoms with E-state index in [-0.39, 0.29) is 29.4 Å². The van der Waals surface area contributed by atoms with Crippen LogP contribution in [0, 0.1) is 11.8 Å². The Hall–Kier alpha value is -4.85. The topological polar surface area (TPSA) is 169 Å². The third-order valence-electron chi connectivity index (χ3n) is 9.21. The molecule has 3 amide bonds. The molecule has 1 aliphatic carbocycles. The molecule has 0 unspecified atom stereocenters. The van der Waals surface area contributed by atoms with E-state index in [1.54, 1.807) is 30.5 Å². The Morgan fingerprint density at radius 3 is 2.22 bits per heavy atom. The number of anilines is 1. The molecule has 5 rings (SSSR count). The number of alkyl carbamates (subject to hydrolysis) is 1. The summed E-state index contributed by atoms with van der Waals surface area (Å²) in [6, 6.07) is 17.5. The lowest BCUT2D eigenvalue weighted by Crippen LogP contribution is -2.50. The number of H-pyrrole nitrogens is 1. The SMILES string of the molecule is CN(C)CCCOc1ccc(-c2ccc(C[C@H](N)C(=O)N(C(=O)C3CCC(CNC(=O)OC(C)(C)C)CC3)c3ccc(-c4n[nH]c(Cl)n4)cc3)cc2)cn1. The zero-order valence-electron chi connectivity index (χ0n) is 31.7. The second-order valence-corrected chi connectivity index (χ2v) is 15.4. The number of rotatable bonds is 14. The molecule has 0 bridgehead atoms. The number of pyridine rings is 1. The molecule has 2 aromatic carbocycles. The van der Waals surface area contributed by atoms with Crippen molar-refractivity contribution in [1.82, 2.24) is 30.4 Å². The van der Waals surface area contributed by atoms with Crippen molar-refractivity contribution in [3.05, 3.63) is 77.7 Å². The maximum atomic E-state index is 14.2. The molecule has 0 aliphatic heterocycles. The molecule has 13 nitrogen and oxygen atoms in total. The Balaban J connectivity index is 1.24. The van der Waals surface area contributed by atoms with Crippen LogP contribution in [0.15, 0.2) is 66.9 Å². The molecule has 4 aromatic rings. The lowest BCUT2D eigenvalue weighted by molar-refractivity contribution is -0.130. The van der Waals surface area contributed by atoms with Crippen LogP contribution in [0.4, 0.5) is 10.5 Å². The van der Waals surface area contributed by atoms with Crippen molar-refractivity contribution in [3.8, 4) is 28.4 Å². The van der Waals surface area contributed by atoms with Gasteiger partial charge in [0.15, 0.2) is 5.82 Å². The first kappa shape index (κ1) is 40.3. The lowest BCUT2D eigenvalue weighted by atomic mass is 9.81. The molecule has 54 heavy (non-hydrogen) atoms. The molecule has 1 saturated carbocycles. The van der Waals surface area contributed by atoms with Crippen LogP contribution in [0.25, 0.3) is 22.5 Å². The maximum absolute atomic E-state index is 14.2. The number of aromatic nitrogens is 4. The normalized spacial score (nSPS) is 16.4. The Labute approximate surface area is 322 Å². The first-order chi connectivity index (χ1) is 25.8. The molecule has 1 aliphatic rings. The van der Waals surface area contributed by atoms with Gasteiger partial charge >= 0.3 is 6.09 Å². The van der Waals surface area contributed by atoms with Crippen molar-refractivity contribution in [2.75, 3.05) is 38.7 Å². The summed E-state index contributed by atoms with van der Waals surface area (Å²) in [5.41, 5.74) is 9.84. The molecule has 1 fully saturated rings. The number of ether oxygens (including phenoxy) is 2. The third kappa shape index (κ3) is 11.6. The van der Waals surface area contributed by atoms with E-state index >= 15 is 0 Å². The lowest BCUT2D eigenvalue weighted by Gasteiger charge is -2.32. The number of nitrogens with zero attached hydrogens (tertiary/aromatic N) is 5. The van der Waals surface area contributed by atoms with Crippen LogP contribution in [0.2, 0.25) is 5.28 Å². The quantitative estimate of drug-likeness (QED) is 0.125. The van der Waals surface area contributed by atoms with Gasteiger partial charge in [-0.15, -0.1) is 0 Å². The number of nitrogens with one attached hydrogen (secondary N) is 2. The van der Waals surface area contributed by atoms with Gasteiger partial charge in [0.1, 0.15) is 5.60 Å². The number of hydrogen-bond acceptors (Lipinski definition) is 10. The number of aromatic amines is 1. The number of hydrogen-bond donors (Lipinski definition) is 3. The molecule has 0 spiro atoms. The highest BCUT2D eigenvalue weighted by Gasteiger charge is 2.35. The first-order valence-corrected chi connectivity index (χ1v) is 18.7. The average Bonchev–Trinajstić information content (AvgIpc) is 3.59. The number of carbonyl (C=O) groups is 3. The first-order valence-electron chi connectivity index (χ1n) is 18.4. The van der Waals surface area contributed by atoms with Crippen LogP contribution in [-0.4, -0.2) is 88.4 Å². The Bertz CT molecular complexity index is 1830. The summed E-state index contributed by atoms with van der Waals surface area (Å²) in [5, 5.41) is 9.71. The number of amides is 3. The van der Waals surface area contributed by atoms with E-state index < -0.39 is 23.6 Å². The van der Waals surface area contributed by atoms with E-state index in [9.17, 15) is 14.4 Å². The van der Waals surface area contributed by atoms with Gasteiger partial charge < -0.3 is 25.4 Å². The zero-order valence-corrected chi connectivity index (χ0v) is 32.4. The summed E-state index contributed by atoms with van der Waals surface area (Å²) in [5.74, 6) is 0.00637. The minimum Gasteiger partial charge on any atom is -0.478 e. The van der Waals surface area contributed by atoms with Gasteiger partial charge in [-0.1, -0.05) is 24.3 Å². The maximum Gasteiger partial charge on any atom is 0.407 e. The van der Waals surface area contributed by atoms with Gasteiger partial charge in [-0.05, 0) is 132 Å².